The molecule has 5 rings (SSSR count). The SMILES string of the molecule is O=C(NN1C(=O)CSC1c1cccc2ccccc12)c1cc(-c2ccc(F)cc2F)ccc1O. The van der Waals surface area contributed by atoms with E-state index in [1.807, 2.05) is 42.5 Å². The Morgan fingerprint density at radius 3 is 2.62 bits per heavy atom. The fraction of sp³-hybridized carbons (Fsp3) is 0.0769. The summed E-state index contributed by atoms with van der Waals surface area (Å²) in [7, 11) is 0. The summed E-state index contributed by atoms with van der Waals surface area (Å²) in [4.78, 5) is 25.8. The van der Waals surface area contributed by atoms with Crippen molar-refractivity contribution >= 4 is 34.3 Å². The molecule has 1 atom stereocenters. The Balaban J connectivity index is 1.47. The highest BCUT2D eigenvalue weighted by Crippen LogP contribution is 2.40. The number of aromatic hydroxyl groups is 1. The van der Waals surface area contributed by atoms with Crippen LogP contribution in [0, 0.1) is 11.6 Å². The summed E-state index contributed by atoms with van der Waals surface area (Å²) in [6.07, 6.45) is 0. The third-order valence-corrected chi connectivity index (χ3v) is 6.86. The number of benzene rings is 4. The fourth-order valence-corrected chi connectivity index (χ4v) is 5.16. The molecule has 4 aromatic carbocycles. The smallest absolute Gasteiger partial charge is 0.273 e. The molecular formula is C26H18F2N2O3S. The Morgan fingerprint density at radius 2 is 1.79 bits per heavy atom. The number of hydrogen-bond acceptors (Lipinski definition) is 4. The Bertz CT molecular complexity index is 1440. The van der Waals surface area contributed by atoms with Gasteiger partial charge in [-0.25, -0.2) is 13.8 Å². The second-order valence-corrected chi connectivity index (χ2v) is 8.86. The molecular weight excluding hydrogens is 458 g/mol. The molecule has 1 saturated heterocycles. The van der Waals surface area contributed by atoms with Crippen molar-refractivity contribution in [3.05, 3.63) is 102 Å². The minimum Gasteiger partial charge on any atom is -0.507 e. The normalized spacial score (nSPS) is 15.6. The zero-order valence-corrected chi connectivity index (χ0v) is 18.5. The molecule has 1 aliphatic heterocycles. The van der Waals surface area contributed by atoms with Crippen LogP contribution in [0.5, 0.6) is 5.75 Å². The number of phenolic OH excluding ortho intramolecular Hbond substituents is 1. The van der Waals surface area contributed by atoms with Gasteiger partial charge < -0.3 is 5.11 Å². The van der Waals surface area contributed by atoms with Crippen LogP contribution >= 0.6 is 11.8 Å². The van der Waals surface area contributed by atoms with Gasteiger partial charge in [-0.2, -0.15) is 0 Å². The van der Waals surface area contributed by atoms with E-state index in [4.69, 9.17) is 0 Å². The average Bonchev–Trinajstić information content (AvgIpc) is 3.19. The van der Waals surface area contributed by atoms with Crippen molar-refractivity contribution in [1.82, 2.24) is 10.4 Å². The number of halogens is 2. The van der Waals surface area contributed by atoms with Gasteiger partial charge in [0.25, 0.3) is 11.8 Å². The van der Waals surface area contributed by atoms with E-state index >= 15 is 0 Å². The van der Waals surface area contributed by atoms with Gasteiger partial charge in [0.05, 0.1) is 11.3 Å². The van der Waals surface area contributed by atoms with Crippen LogP contribution in [-0.2, 0) is 4.79 Å². The maximum atomic E-state index is 14.3. The van der Waals surface area contributed by atoms with E-state index in [2.05, 4.69) is 5.43 Å². The van der Waals surface area contributed by atoms with Gasteiger partial charge in [-0.3, -0.25) is 15.0 Å². The first-order valence-corrected chi connectivity index (χ1v) is 11.5. The van der Waals surface area contributed by atoms with E-state index in [0.717, 1.165) is 28.5 Å². The van der Waals surface area contributed by atoms with Crippen LogP contribution in [0.1, 0.15) is 21.3 Å². The minimum atomic E-state index is -0.792. The summed E-state index contributed by atoms with van der Waals surface area (Å²) >= 11 is 1.39. The highest BCUT2D eigenvalue weighted by atomic mass is 32.2. The summed E-state index contributed by atoms with van der Waals surface area (Å²) in [6, 6.07) is 20.7. The summed E-state index contributed by atoms with van der Waals surface area (Å²) in [5.41, 5.74) is 3.72. The zero-order chi connectivity index (χ0) is 23.8. The third-order valence-electron chi connectivity index (χ3n) is 5.66. The number of thioether (sulfide) groups is 1. The van der Waals surface area contributed by atoms with Crippen molar-refractivity contribution < 1.29 is 23.5 Å². The van der Waals surface area contributed by atoms with Gasteiger partial charge in [0, 0.05) is 11.6 Å². The molecule has 0 saturated carbocycles. The number of fused-ring (bicyclic) bond motifs is 1. The van der Waals surface area contributed by atoms with Gasteiger partial charge in [-0.1, -0.05) is 48.5 Å². The van der Waals surface area contributed by atoms with E-state index in [0.29, 0.717) is 0 Å². The highest BCUT2D eigenvalue weighted by Gasteiger charge is 2.35. The number of nitrogens with zero attached hydrogens (tertiary/aromatic N) is 1. The first-order chi connectivity index (χ1) is 16.4. The Morgan fingerprint density at radius 1 is 1.00 bits per heavy atom. The molecule has 170 valence electrons. The Labute approximate surface area is 198 Å². The zero-order valence-electron chi connectivity index (χ0n) is 17.7. The molecule has 0 spiro atoms. The molecule has 8 heteroatoms. The Kier molecular flexibility index (Phi) is 5.67. The quantitative estimate of drug-likeness (QED) is 0.413. The third kappa shape index (κ3) is 3.97. The van der Waals surface area contributed by atoms with E-state index in [1.165, 1.54) is 41.0 Å². The summed E-state index contributed by atoms with van der Waals surface area (Å²) < 4.78 is 27.5. The Hall–Kier alpha value is -3.91. The fourth-order valence-electron chi connectivity index (χ4n) is 4.02. The molecule has 0 aliphatic carbocycles. The first kappa shape index (κ1) is 21.9. The van der Waals surface area contributed by atoms with Crippen molar-refractivity contribution in [3.63, 3.8) is 0 Å². The average molecular weight is 477 g/mol. The summed E-state index contributed by atoms with van der Waals surface area (Å²) in [5, 5.41) is 13.1. The lowest BCUT2D eigenvalue weighted by atomic mass is 10.0. The van der Waals surface area contributed by atoms with Crippen LogP contribution in [0.2, 0.25) is 0 Å². The van der Waals surface area contributed by atoms with Crippen molar-refractivity contribution in [2.75, 3.05) is 5.75 Å². The van der Waals surface area contributed by atoms with Crippen molar-refractivity contribution in [1.29, 1.82) is 0 Å². The summed E-state index contributed by atoms with van der Waals surface area (Å²) in [6.45, 7) is 0. The number of phenols is 1. The van der Waals surface area contributed by atoms with Gasteiger partial charge in [0.2, 0.25) is 0 Å². The first-order valence-electron chi connectivity index (χ1n) is 10.4. The second kappa shape index (κ2) is 8.79. The predicted molar refractivity (Wildman–Crippen MR) is 127 cm³/mol. The van der Waals surface area contributed by atoms with Crippen LogP contribution < -0.4 is 5.43 Å². The molecule has 1 fully saturated rings. The number of hydrogen-bond donors (Lipinski definition) is 2. The number of carbonyl (C=O) groups is 2. The second-order valence-electron chi connectivity index (χ2n) is 7.79. The van der Waals surface area contributed by atoms with Crippen LogP contribution in [-0.4, -0.2) is 27.7 Å². The van der Waals surface area contributed by atoms with Gasteiger partial charge in [-0.05, 0) is 46.2 Å². The number of rotatable bonds is 4. The molecule has 1 unspecified atom stereocenters. The maximum absolute atomic E-state index is 14.3. The molecule has 34 heavy (non-hydrogen) atoms. The van der Waals surface area contributed by atoms with Gasteiger partial charge in [0.15, 0.2) is 0 Å². The lowest BCUT2D eigenvalue weighted by Gasteiger charge is -2.25. The molecule has 1 aliphatic rings. The molecule has 5 nitrogen and oxygen atoms in total. The standard InChI is InChI=1S/C26H18F2N2O3S/c27-17-9-10-19(22(28)13-17)16-8-11-23(31)21(12-16)25(33)29-30-24(32)14-34-26(30)20-7-3-5-15-4-1-2-6-18(15)20/h1-13,26,31H,14H2,(H,29,33). The lowest BCUT2D eigenvalue weighted by molar-refractivity contribution is -0.130. The van der Waals surface area contributed by atoms with Crippen LogP contribution in [0.4, 0.5) is 8.78 Å². The van der Waals surface area contributed by atoms with Gasteiger partial charge in [0.1, 0.15) is 22.8 Å². The van der Waals surface area contributed by atoms with Gasteiger partial charge in [-0.15, -0.1) is 11.8 Å². The number of carbonyl (C=O) groups excluding carboxylic acids is 2. The number of hydrazine groups is 1. The van der Waals surface area contributed by atoms with Crippen molar-refractivity contribution in [3.8, 4) is 16.9 Å². The van der Waals surface area contributed by atoms with E-state index in [1.54, 1.807) is 0 Å². The molecule has 2 amide bonds. The molecule has 1 heterocycles. The maximum Gasteiger partial charge on any atom is 0.273 e. The molecule has 4 aromatic rings. The monoisotopic (exact) mass is 476 g/mol. The number of amides is 2. The van der Waals surface area contributed by atoms with Crippen LogP contribution in [0.25, 0.3) is 21.9 Å². The molecule has 0 radical (unpaired) electrons. The highest BCUT2D eigenvalue weighted by molar-refractivity contribution is 8.00. The van der Waals surface area contributed by atoms with E-state index in [-0.39, 0.29) is 34.1 Å². The van der Waals surface area contributed by atoms with Crippen molar-refractivity contribution in [2.45, 2.75) is 5.37 Å². The van der Waals surface area contributed by atoms with Crippen LogP contribution in [0.15, 0.2) is 78.9 Å². The lowest BCUT2D eigenvalue weighted by Crippen LogP contribution is -2.44. The molecule has 0 bridgehead atoms. The van der Waals surface area contributed by atoms with Crippen molar-refractivity contribution in [2.24, 2.45) is 0 Å². The topological polar surface area (TPSA) is 69.6 Å². The van der Waals surface area contributed by atoms with E-state index in [9.17, 15) is 23.5 Å². The largest absolute Gasteiger partial charge is 0.507 e. The van der Waals surface area contributed by atoms with Gasteiger partial charge >= 0.3 is 0 Å². The van der Waals surface area contributed by atoms with Crippen LogP contribution in [0.3, 0.4) is 0 Å². The summed E-state index contributed by atoms with van der Waals surface area (Å²) in [5.74, 6) is -2.66. The molecule has 0 aromatic heterocycles. The minimum absolute atomic E-state index is 0.0805. The predicted octanol–water partition coefficient (Wildman–Crippen LogP) is 5.41. The molecule has 2 N–H and O–H groups in total. The number of nitrogens with one attached hydrogen (secondary N) is 1. The van der Waals surface area contributed by atoms with E-state index < -0.39 is 22.9 Å².